The van der Waals surface area contributed by atoms with Crippen molar-refractivity contribution in [2.75, 3.05) is 0 Å². The number of carboxylic acids is 1. The van der Waals surface area contributed by atoms with Gasteiger partial charge in [0.15, 0.2) is 5.69 Å². The van der Waals surface area contributed by atoms with Gasteiger partial charge in [0.05, 0.1) is 5.69 Å². The lowest BCUT2D eigenvalue weighted by Crippen LogP contribution is -2.03. The molecule has 84 valence electrons. The molecule has 0 fully saturated rings. The summed E-state index contributed by atoms with van der Waals surface area (Å²) >= 11 is 0. The number of aromatic amines is 1. The summed E-state index contributed by atoms with van der Waals surface area (Å²) in [5, 5.41) is 8.98. The van der Waals surface area contributed by atoms with Gasteiger partial charge in [0.25, 0.3) is 0 Å². The van der Waals surface area contributed by atoms with Crippen LogP contribution in [0, 0.1) is 5.92 Å². The van der Waals surface area contributed by atoms with Crippen molar-refractivity contribution in [3.63, 3.8) is 0 Å². The molecule has 0 aliphatic heterocycles. The number of hydrogen-bond donors (Lipinski definition) is 2. The maximum absolute atomic E-state index is 10.9. The Kier molecular flexibility index (Phi) is 3.50. The molecule has 1 heterocycles. The first kappa shape index (κ1) is 11.8. The van der Waals surface area contributed by atoms with Gasteiger partial charge < -0.3 is 10.1 Å². The van der Waals surface area contributed by atoms with Crippen LogP contribution in [0.15, 0.2) is 0 Å². The zero-order valence-electron chi connectivity index (χ0n) is 9.66. The molecule has 2 N–H and O–H groups in total. The number of imidazole rings is 1. The highest BCUT2D eigenvalue weighted by Crippen LogP contribution is 2.18. The number of rotatable bonds is 4. The van der Waals surface area contributed by atoms with Crippen molar-refractivity contribution in [3.8, 4) is 0 Å². The standard InChI is InChI=1S/C11H18N2O2/c1-6(2)5-8-12-9(7(3)4)10(13-8)11(14)15/h6-7H,5H2,1-4H3,(H,12,13)(H,14,15). The third kappa shape index (κ3) is 2.81. The number of carboxylic acid groups (broad SMARTS) is 1. The number of hydrogen-bond acceptors (Lipinski definition) is 2. The fourth-order valence-electron chi connectivity index (χ4n) is 1.50. The van der Waals surface area contributed by atoms with Gasteiger partial charge in [0, 0.05) is 6.42 Å². The van der Waals surface area contributed by atoms with Crippen LogP contribution in [-0.2, 0) is 6.42 Å². The molecule has 0 unspecified atom stereocenters. The van der Waals surface area contributed by atoms with Crippen LogP contribution in [0.4, 0.5) is 0 Å². The number of carbonyl (C=O) groups is 1. The van der Waals surface area contributed by atoms with Gasteiger partial charge in [0.2, 0.25) is 0 Å². The summed E-state index contributed by atoms with van der Waals surface area (Å²) in [5.74, 6) is 0.443. The Morgan fingerprint density at radius 1 is 1.40 bits per heavy atom. The normalized spacial score (nSPS) is 11.3. The Morgan fingerprint density at radius 3 is 2.33 bits per heavy atom. The van der Waals surface area contributed by atoms with Gasteiger partial charge in [-0.2, -0.15) is 0 Å². The molecule has 0 radical (unpaired) electrons. The van der Waals surface area contributed by atoms with E-state index in [1.54, 1.807) is 0 Å². The fraction of sp³-hybridized carbons (Fsp3) is 0.636. The number of H-pyrrole nitrogens is 1. The molecule has 0 saturated heterocycles. The summed E-state index contributed by atoms with van der Waals surface area (Å²) in [4.78, 5) is 18.2. The van der Waals surface area contributed by atoms with Gasteiger partial charge in [0.1, 0.15) is 5.82 Å². The topological polar surface area (TPSA) is 66.0 Å². The Balaban J connectivity index is 3.04. The predicted octanol–water partition coefficient (Wildman–Crippen LogP) is 2.43. The Bertz CT molecular complexity index is 353. The van der Waals surface area contributed by atoms with E-state index in [9.17, 15) is 4.79 Å². The highest BCUT2D eigenvalue weighted by molar-refractivity contribution is 5.87. The lowest BCUT2D eigenvalue weighted by molar-refractivity contribution is 0.0689. The molecule has 0 atom stereocenters. The summed E-state index contributed by atoms with van der Waals surface area (Å²) in [6, 6.07) is 0. The summed E-state index contributed by atoms with van der Waals surface area (Å²) < 4.78 is 0. The van der Waals surface area contributed by atoms with E-state index in [1.807, 2.05) is 13.8 Å². The minimum Gasteiger partial charge on any atom is -0.476 e. The number of aromatic nitrogens is 2. The Morgan fingerprint density at radius 2 is 2.00 bits per heavy atom. The van der Waals surface area contributed by atoms with E-state index in [0.29, 0.717) is 5.92 Å². The Hall–Kier alpha value is -1.32. The molecule has 15 heavy (non-hydrogen) atoms. The van der Waals surface area contributed by atoms with Crippen LogP contribution in [0.5, 0.6) is 0 Å². The second kappa shape index (κ2) is 4.47. The van der Waals surface area contributed by atoms with E-state index < -0.39 is 5.97 Å². The second-order valence-corrected chi connectivity index (χ2v) is 4.50. The van der Waals surface area contributed by atoms with Crippen LogP contribution in [0.2, 0.25) is 0 Å². The average Bonchev–Trinajstić information content (AvgIpc) is 2.46. The molecule has 0 aliphatic rings. The first-order valence-electron chi connectivity index (χ1n) is 5.23. The van der Waals surface area contributed by atoms with Gasteiger partial charge in [-0.05, 0) is 11.8 Å². The summed E-state index contributed by atoms with van der Waals surface area (Å²) in [5.41, 5.74) is 0.888. The molecule has 1 aromatic rings. The number of nitrogens with zero attached hydrogens (tertiary/aromatic N) is 1. The van der Waals surface area contributed by atoms with Crippen LogP contribution in [0.3, 0.4) is 0 Å². The van der Waals surface area contributed by atoms with Crippen molar-refractivity contribution in [1.29, 1.82) is 0 Å². The molecule has 0 aliphatic carbocycles. The van der Waals surface area contributed by atoms with Crippen molar-refractivity contribution in [1.82, 2.24) is 9.97 Å². The van der Waals surface area contributed by atoms with Crippen LogP contribution >= 0.6 is 0 Å². The fourth-order valence-corrected chi connectivity index (χ4v) is 1.50. The van der Waals surface area contributed by atoms with Crippen molar-refractivity contribution in [2.45, 2.75) is 40.0 Å². The van der Waals surface area contributed by atoms with Gasteiger partial charge in [-0.3, -0.25) is 0 Å². The minimum atomic E-state index is -0.954. The molecule has 0 saturated carbocycles. The zero-order valence-corrected chi connectivity index (χ0v) is 9.66. The van der Waals surface area contributed by atoms with Gasteiger partial charge >= 0.3 is 5.97 Å². The van der Waals surface area contributed by atoms with E-state index in [0.717, 1.165) is 17.9 Å². The van der Waals surface area contributed by atoms with E-state index in [4.69, 9.17) is 5.11 Å². The van der Waals surface area contributed by atoms with E-state index >= 15 is 0 Å². The molecule has 1 rings (SSSR count). The highest BCUT2D eigenvalue weighted by Gasteiger charge is 2.18. The van der Waals surface area contributed by atoms with Gasteiger partial charge in [-0.1, -0.05) is 27.7 Å². The van der Waals surface area contributed by atoms with Crippen LogP contribution in [0.25, 0.3) is 0 Å². The molecular weight excluding hydrogens is 192 g/mol. The molecule has 0 bridgehead atoms. The van der Waals surface area contributed by atoms with Gasteiger partial charge in [-0.15, -0.1) is 0 Å². The molecule has 4 nitrogen and oxygen atoms in total. The van der Waals surface area contributed by atoms with Crippen molar-refractivity contribution < 1.29 is 9.90 Å². The van der Waals surface area contributed by atoms with Crippen molar-refractivity contribution >= 4 is 5.97 Å². The summed E-state index contributed by atoms with van der Waals surface area (Å²) in [6.45, 7) is 8.08. The maximum Gasteiger partial charge on any atom is 0.356 e. The monoisotopic (exact) mass is 210 g/mol. The predicted molar refractivity (Wildman–Crippen MR) is 58.2 cm³/mol. The van der Waals surface area contributed by atoms with E-state index in [-0.39, 0.29) is 11.6 Å². The van der Waals surface area contributed by atoms with Gasteiger partial charge in [-0.25, -0.2) is 9.78 Å². The molecular formula is C11H18N2O2. The third-order valence-corrected chi connectivity index (χ3v) is 2.16. The summed E-state index contributed by atoms with van der Waals surface area (Å²) in [6.07, 6.45) is 0.785. The molecule has 0 amide bonds. The van der Waals surface area contributed by atoms with E-state index in [2.05, 4.69) is 23.8 Å². The van der Waals surface area contributed by atoms with Crippen LogP contribution in [0.1, 0.15) is 55.6 Å². The minimum absolute atomic E-state index is 0.157. The third-order valence-electron chi connectivity index (χ3n) is 2.16. The van der Waals surface area contributed by atoms with E-state index in [1.165, 1.54) is 0 Å². The Labute approximate surface area is 89.7 Å². The van der Waals surface area contributed by atoms with Crippen molar-refractivity contribution in [2.24, 2.45) is 5.92 Å². The molecule has 0 aromatic carbocycles. The quantitative estimate of drug-likeness (QED) is 0.802. The first-order chi connectivity index (χ1) is 6.91. The van der Waals surface area contributed by atoms with Crippen LogP contribution < -0.4 is 0 Å². The summed E-state index contributed by atoms with van der Waals surface area (Å²) in [7, 11) is 0. The maximum atomic E-state index is 10.9. The van der Waals surface area contributed by atoms with Crippen LogP contribution in [-0.4, -0.2) is 21.0 Å². The smallest absolute Gasteiger partial charge is 0.356 e. The van der Waals surface area contributed by atoms with Crippen molar-refractivity contribution in [3.05, 3.63) is 17.2 Å². The second-order valence-electron chi connectivity index (χ2n) is 4.50. The highest BCUT2D eigenvalue weighted by atomic mass is 16.4. The SMILES string of the molecule is CC(C)Cc1nc(C(=O)O)c(C(C)C)[nH]1. The number of nitrogens with one attached hydrogen (secondary N) is 1. The molecule has 4 heteroatoms. The lowest BCUT2D eigenvalue weighted by Gasteiger charge is -2.02. The zero-order chi connectivity index (χ0) is 11.6. The first-order valence-corrected chi connectivity index (χ1v) is 5.23. The molecule has 1 aromatic heterocycles. The largest absolute Gasteiger partial charge is 0.476 e. The lowest BCUT2D eigenvalue weighted by atomic mass is 10.1. The average molecular weight is 210 g/mol. The number of aromatic carboxylic acids is 1. The molecule has 0 spiro atoms.